The van der Waals surface area contributed by atoms with Gasteiger partial charge in [0.25, 0.3) is 5.91 Å². The van der Waals surface area contributed by atoms with Crippen molar-refractivity contribution in [2.75, 3.05) is 0 Å². The summed E-state index contributed by atoms with van der Waals surface area (Å²) < 4.78 is 60.8. The van der Waals surface area contributed by atoms with Crippen molar-refractivity contribution in [2.24, 2.45) is 0 Å². The number of halogens is 4. The van der Waals surface area contributed by atoms with Crippen LogP contribution in [-0.4, -0.2) is 34.0 Å². The van der Waals surface area contributed by atoms with E-state index in [0.717, 1.165) is 12.1 Å². The standard InChI is InChI=1S/C25H22F4N2O4/c1-3-22(14(2)32)31-13-21-16(10-17(26)11-20(21)24(31)33)6-9-19-12-30-23(34-19)15-4-7-18(8-5-15)35-25(27,28)29/h4-5,7-8,10-12,22H,3,6,9,13H2,1-2H3. The van der Waals surface area contributed by atoms with E-state index in [2.05, 4.69) is 9.72 Å². The molecule has 0 bridgehead atoms. The number of aromatic nitrogens is 1. The lowest BCUT2D eigenvalue weighted by Gasteiger charge is -2.24. The van der Waals surface area contributed by atoms with Crippen molar-refractivity contribution in [3.8, 4) is 17.2 Å². The van der Waals surface area contributed by atoms with Crippen molar-refractivity contribution in [2.45, 2.75) is 52.1 Å². The molecule has 1 aliphatic heterocycles. The smallest absolute Gasteiger partial charge is 0.441 e. The number of amides is 1. The van der Waals surface area contributed by atoms with E-state index in [0.29, 0.717) is 41.7 Å². The predicted octanol–water partition coefficient (Wildman–Crippen LogP) is 5.49. The van der Waals surface area contributed by atoms with Crippen LogP contribution in [0.25, 0.3) is 11.5 Å². The average Bonchev–Trinajstić information content (AvgIpc) is 3.38. The van der Waals surface area contributed by atoms with E-state index in [1.807, 2.05) is 6.92 Å². The summed E-state index contributed by atoms with van der Waals surface area (Å²) in [5.41, 5.74) is 2.06. The molecule has 0 fully saturated rings. The zero-order valence-electron chi connectivity index (χ0n) is 19.0. The van der Waals surface area contributed by atoms with Gasteiger partial charge in [-0.2, -0.15) is 0 Å². The molecule has 0 radical (unpaired) electrons. The molecule has 1 atom stereocenters. The molecule has 4 rings (SSSR count). The van der Waals surface area contributed by atoms with Crippen LogP contribution < -0.4 is 4.74 Å². The molecule has 1 aliphatic rings. The second kappa shape index (κ2) is 9.52. The van der Waals surface area contributed by atoms with Crippen LogP contribution in [0.15, 0.2) is 47.0 Å². The van der Waals surface area contributed by atoms with Crippen LogP contribution in [0, 0.1) is 5.82 Å². The number of aryl methyl sites for hydroxylation is 2. The van der Waals surface area contributed by atoms with E-state index in [1.165, 1.54) is 42.3 Å². The highest BCUT2D eigenvalue weighted by atomic mass is 19.4. The van der Waals surface area contributed by atoms with Crippen LogP contribution in [0.3, 0.4) is 0 Å². The van der Waals surface area contributed by atoms with Crippen molar-refractivity contribution >= 4 is 11.7 Å². The Morgan fingerprint density at radius 2 is 1.91 bits per heavy atom. The van der Waals surface area contributed by atoms with Gasteiger partial charge in [-0.15, -0.1) is 13.2 Å². The van der Waals surface area contributed by atoms with E-state index in [1.54, 1.807) is 0 Å². The fourth-order valence-corrected chi connectivity index (χ4v) is 4.28. The Morgan fingerprint density at radius 3 is 2.54 bits per heavy atom. The molecule has 0 saturated heterocycles. The zero-order chi connectivity index (χ0) is 25.3. The van der Waals surface area contributed by atoms with Gasteiger partial charge in [-0.25, -0.2) is 9.37 Å². The molecule has 10 heteroatoms. The molecule has 0 saturated carbocycles. The number of alkyl halides is 3. The first-order valence-corrected chi connectivity index (χ1v) is 11.0. The summed E-state index contributed by atoms with van der Waals surface area (Å²) in [5, 5.41) is 0. The molecular formula is C25H22F4N2O4. The van der Waals surface area contributed by atoms with Gasteiger partial charge < -0.3 is 14.1 Å². The third-order valence-electron chi connectivity index (χ3n) is 5.89. The number of ketones is 1. The van der Waals surface area contributed by atoms with Crippen molar-refractivity contribution in [3.63, 3.8) is 0 Å². The van der Waals surface area contributed by atoms with Gasteiger partial charge in [0.15, 0.2) is 5.78 Å². The Labute approximate surface area is 198 Å². The summed E-state index contributed by atoms with van der Waals surface area (Å²) in [6, 6.07) is 7.14. The molecule has 184 valence electrons. The van der Waals surface area contributed by atoms with Gasteiger partial charge >= 0.3 is 6.36 Å². The molecule has 1 unspecified atom stereocenters. The largest absolute Gasteiger partial charge is 0.573 e. The molecule has 3 aromatic rings. The fourth-order valence-electron chi connectivity index (χ4n) is 4.28. The number of benzene rings is 2. The third kappa shape index (κ3) is 5.36. The lowest BCUT2D eigenvalue weighted by molar-refractivity contribution is -0.274. The number of oxazole rings is 1. The third-order valence-corrected chi connectivity index (χ3v) is 5.89. The molecule has 6 nitrogen and oxygen atoms in total. The molecule has 2 heterocycles. The maximum Gasteiger partial charge on any atom is 0.573 e. The highest BCUT2D eigenvalue weighted by Gasteiger charge is 2.36. The molecule has 1 amide bonds. The Kier molecular flexibility index (Phi) is 6.64. The van der Waals surface area contributed by atoms with Gasteiger partial charge in [0.1, 0.15) is 17.3 Å². The number of rotatable bonds is 8. The van der Waals surface area contributed by atoms with Gasteiger partial charge in [-0.1, -0.05) is 6.92 Å². The second-order valence-corrected chi connectivity index (χ2v) is 8.26. The van der Waals surface area contributed by atoms with Gasteiger partial charge in [0, 0.05) is 24.1 Å². The summed E-state index contributed by atoms with van der Waals surface area (Å²) in [4.78, 5) is 30.5. The SMILES string of the molecule is CCC(C(C)=O)N1Cc2c(CCc3cnc(-c4ccc(OC(F)(F)F)cc4)o3)cc(F)cc2C1=O. The number of Topliss-reactive ketones (excluding diaryl/α,β-unsaturated/α-hetero) is 1. The van der Waals surface area contributed by atoms with Crippen molar-refractivity contribution in [1.82, 2.24) is 9.88 Å². The van der Waals surface area contributed by atoms with E-state index < -0.39 is 18.2 Å². The Bertz CT molecular complexity index is 1250. The molecule has 35 heavy (non-hydrogen) atoms. The summed E-state index contributed by atoms with van der Waals surface area (Å²) in [7, 11) is 0. The summed E-state index contributed by atoms with van der Waals surface area (Å²) >= 11 is 0. The van der Waals surface area contributed by atoms with Crippen LogP contribution in [0.4, 0.5) is 17.6 Å². The number of carbonyl (C=O) groups excluding carboxylic acids is 2. The van der Waals surface area contributed by atoms with Crippen LogP contribution >= 0.6 is 0 Å². The minimum atomic E-state index is -4.78. The van der Waals surface area contributed by atoms with Gasteiger partial charge in [-0.05, 0) is 67.3 Å². The first kappa shape index (κ1) is 24.4. The number of hydrogen-bond acceptors (Lipinski definition) is 5. The maximum absolute atomic E-state index is 14.3. The Balaban J connectivity index is 1.48. The first-order chi connectivity index (χ1) is 16.6. The summed E-state index contributed by atoms with van der Waals surface area (Å²) in [5.74, 6) is -0.664. The minimum Gasteiger partial charge on any atom is -0.441 e. The molecule has 0 spiro atoms. The van der Waals surface area contributed by atoms with Gasteiger partial charge in [0.05, 0.1) is 12.2 Å². The van der Waals surface area contributed by atoms with E-state index >= 15 is 0 Å². The highest BCUT2D eigenvalue weighted by molar-refractivity contribution is 6.01. The first-order valence-electron chi connectivity index (χ1n) is 11.0. The van der Waals surface area contributed by atoms with Crippen LogP contribution in [0.5, 0.6) is 5.75 Å². The quantitative estimate of drug-likeness (QED) is 0.391. The lowest BCUT2D eigenvalue weighted by Crippen LogP contribution is -2.39. The minimum absolute atomic E-state index is 0.122. The van der Waals surface area contributed by atoms with Crippen molar-refractivity contribution in [1.29, 1.82) is 0 Å². The Hall–Kier alpha value is -3.69. The fraction of sp³-hybridized carbons (Fsp3) is 0.320. The molecular weight excluding hydrogens is 468 g/mol. The van der Waals surface area contributed by atoms with E-state index in [-0.39, 0.29) is 35.4 Å². The van der Waals surface area contributed by atoms with Gasteiger partial charge in [-0.3, -0.25) is 9.59 Å². The maximum atomic E-state index is 14.3. The molecule has 1 aromatic heterocycles. The number of carbonyl (C=O) groups is 2. The number of fused-ring (bicyclic) bond motifs is 1. The zero-order valence-corrected chi connectivity index (χ0v) is 19.0. The highest BCUT2D eigenvalue weighted by Crippen LogP contribution is 2.31. The van der Waals surface area contributed by atoms with E-state index in [4.69, 9.17) is 4.42 Å². The van der Waals surface area contributed by atoms with Crippen LogP contribution in [0.2, 0.25) is 0 Å². The average molecular weight is 490 g/mol. The summed E-state index contributed by atoms with van der Waals surface area (Å²) in [6.45, 7) is 3.49. The van der Waals surface area contributed by atoms with Crippen LogP contribution in [-0.2, 0) is 24.2 Å². The molecule has 2 aromatic carbocycles. The molecule has 0 aliphatic carbocycles. The van der Waals surface area contributed by atoms with Crippen molar-refractivity contribution < 1.29 is 36.3 Å². The van der Waals surface area contributed by atoms with Crippen molar-refractivity contribution in [3.05, 3.63) is 70.9 Å². The Morgan fingerprint density at radius 1 is 1.20 bits per heavy atom. The topological polar surface area (TPSA) is 72.6 Å². The predicted molar refractivity (Wildman–Crippen MR) is 117 cm³/mol. The number of nitrogens with zero attached hydrogens (tertiary/aromatic N) is 2. The normalized spacial score (nSPS) is 14.2. The van der Waals surface area contributed by atoms with E-state index in [9.17, 15) is 27.2 Å². The number of hydrogen-bond donors (Lipinski definition) is 0. The summed E-state index contributed by atoms with van der Waals surface area (Å²) in [6.07, 6.45) is -2.09. The monoisotopic (exact) mass is 490 g/mol. The lowest BCUT2D eigenvalue weighted by atomic mass is 9.99. The second-order valence-electron chi connectivity index (χ2n) is 8.26. The van der Waals surface area contributed by atoms with Crippen LogP contribution in [0.1, 0.15) is 47.5 Å². The molecule has 0 N–H and O–H groups in total. The van der Waals surface area contributed by atoms with Gasteiger partial charge in [0.2, 0.25) is 5.89 Å². The number of ether oxygens (including phenoxy) is 1.